The Balaban J connectivity index is 1.57. The predicted molar refractivity (Wildman–Crippen MR) is 135 cm³/mol. The van der Waals surface area contributed by atoms with E-state index in [0.29, 0.717) is 29.9 Å². The maximum absolute atomic E-state index is 11.8. The van der Waals surface area contributed by atoms with Crippen LogP contribution in [0.4, 0.5) is 0 Å². The Labute approximate surface area is 207 Å². The lowest BCUT2D eigenvalue weighted by Crippen LogP contribution is -2.44. The van der Waals surface area contributed by atoms with Gasteiger partial charge in [-0.2, -0.15) is 0 Å². The molecule has 3 aromatic rings. The molecule has 3 atom stereocenters. The van der Waals surface area contributed by atoms with Crippen molar-refractivity contribution in [2.45, 2.75) is 70.7 Å². The van der Waals surface area contributed by atoms with Crippen molar-refractivity contribution in [3.63, 3.8) is 0 Å². The quantitative estimate of drug-likeness (QED) is 0.295. The van der Waals surface area contributed by atoms with E-state index in [1.165, 1.54) is 13.3 Å². The first-order valence-electron chi connectivity index (χ1n) is 11.8. The summed E-state index contributed by atoms with van der Waals surface area (Å²) in [6, 6.07) is 9.72. The molecule has 1 fully saturated rings. The zero-order chi connectivity index (χ0) is 25.2. The summed E-state index contributed by atoms with van der Waals surface area (Å²) in [4.78, 5) is 25.1. The molecule has 0 aliphatic carbocycles. The van der Waals surface area contributed by atoms with Crippen LogP contribution in [0.3, 0.4) is 0 Å². The second kappa shape index (κ2) is 9.89. The molecule has 0 spiro atoms. The van der Waals surface area contributed by atoms with Crippen molar-refractivity contribution >= 4 is 25.5 Å². The summed E-state index contributed by atoms with van der Waals surface area (Å²) in [6.45, 7) is 12.7. The van der Waals surface area contributed by atoms with Gasteiger partial charge in [-0.15, -0.1) is 0 Å². The van der Waals surface area contributed by atoms with E-state index in [-0.39, 0.29) is 17.1 Å². The Morgan fingerprint density at radius 2 is 1.91 bits per heavy atom. The summed E-state index contributed by atoms with van der Waals surface area (Å²) >= 11 is 0. The van der Waals surface area contributed by atoms with Crippen LogP contribution >= 0.6 is 0 Å². The van der Waals surface area contributed by atoms with Crippen molar-refractivity contribution < 1.29 is 18.7 Å². The van der Waals surface area contributed by atoms with Crippen LogP contribution in [0.25, 0.3) is 11.2 Å². The number of aromatic nitrogens is 4. The highest BCUT2D eigenvalue weighted by molar-refractivity contribution is 6.74. The Morgan fingerprint density at radius 1 is 1.17 bits per heavy atom. The van der Waals surface area contributed by atoms with E-state index in [2.05, 4.69) is 60.7 Å². The molecule has 1 aromatic carbocycles. The van der Waals surface area contributed by atoms with Crippen molar-refractivity contribution in [3.8, 4) is 11.8 Å². The highest BCUT2D eigenvalue weighted by Gasteiger charge is 2.43. The number of benzene rings is 1. The van der Waals surface area contributed by atoms with Gasteiger partial charge in [0.25, 0.3) is 0 Å². The molecule has 0 bridgehead atoms. The summed E-state index contributed by atoms with van der Waals surface area (Å²) in [7, 11) is -1.99. The lowest BCUT2D eigenvalue weighted by Gasteiger charge is -2.37. The largest absolute Gasteiger partial charge is 0.460 e. The van der Waals surface area contributed by atoms with Crippen LogP contribution in [0.15, 0.2) is 43.0 Å². The fourth-order valence-electron chi connectivity index (χ4n) is 3.67. The van der Waals surface area contributed by atoms with Crippen LogP contribution in [0, 0.1) is 11.8 Å². The highest BCUT2D eigenvalue weighted by atomic mass is 28.4. The van der Waals surface area contributed by atoms with Gasteiger partial charge in [0.05, 0.1) is 12.9 Å². The van der Waals surface area contributed by atoms with Gasteiger partial charge in [-0.25, -0.2) is 15.0 Å². The molecule has 0 saturated carbocycles. The standard InChI is InChI=1S/C26H32N4O4Si/c1-18(31)33-21-14-23(34-22(21)15-32-35(5,6)26(2,3)4)30-17-29-24-20(27-16-28-25(24)30)13-12-19-10-8-7-9-11-19/h7-11,16-17,21-23H,14-15H2,1-6H3/t21-,22+,23+/m0/s1. The van der Waals surface area contributed by atoms with E-state index < -0.39 is 20.6 Å². The molecular formula is C26H32N4O4Si. The molecule has 4 rings (SSSR count). The first kappa shape index (κ1) is 25.0. The van der Waals surface area contributed by atoms with Crippen molar-refractivity contribution in [3.05, 3.63) is 54.2 Å². The topological polar surface area (TPSA) is 88.4 Å². The van der Waals surface area contributed by atoms with Gasteiger partial charge >= 0.3 is 5.97 Å². The Kier molecular flexibility index (Phi) is 7.08. The smallest absolute Gasteiger partial charge is 0.302 e. The van der Waals surface area contributed by atoms with E-state index >= 15 is 0 Å². The number of esters is 1. The number of carbonyl (C=O) groups excluding carboxylic acids is 1. The van der Waals surface area contributed by atoms with Gasteiger partial charge in [-0.3, -0.25) is 9.36 Å². The first-order valence-corrected chi connectivity index (χ1v) is 14.7. The zero-order valence-corrected chi connectivity index (χ0v) is 22.1. The van der Waals surface area contributed by atoms with Crippen LogP contribution in [0.1, 0.15) is 51.6 Å². The molecule has 35 heavy (non-hydrogen) atoms. The third-order valence-corrected chi connectivity index (χ3v) is 11.2. The van der Waals surface area contributed by atoms with Crippen LogP contribution in [-0.2, 0) is 18.7 Å². The average molecular weight is 493 g/mol. The molecule has 3 heterocycles. The van der Waals surface area contributed by atoms with Crippen LogP contribution < -0.4 is 0 Å². The third-order valence-electron chi connectivity index (χ3n) is 6.68. The van der Waals surface area contributed by atoms with E-state index in [1.807, 2.05) is 34.9 Å². The normalized spacial score (nSPS) is 20.5. The van der Waals surface area contributed by atoms with Gasteiger partial charge in [0.15, 0.2) is 14.0 Å². The number of fused-ring (bicyclic) bond motifs is 1. The number of carbonyl (C=O) groups is 1. The molecule has 0 unspecified atom stereocenters. The van der Waals surface area contributed by atoms with E-state index in [9.17, 15) is 4.79 Å². The minimum absolute atomic E-state index is 0.0661. The highest BCUT2D eigenvalue weighted by Crippen LogP contribution is 2.38. The number of nitrogens with zero attached hydrogens (tertiary/aromatic N) is 4. The maximum atomic E-state index is 11.8. The number of ether oxygens (including phenoxy) is 2. The summed E-state index contributed by atoms with van der Waals surface area (Å²) in [5, 5.41) is 0.0661. The first-order chi connectivity index (χ1) is 16.5. The van der Waals surface area contributed by atoms with Gasteiger partial charge in [-0.1, -0.05) is 44.9 Å². The molecule has 0 radical (unpaired) electrons. The van der Waals surface area contributed by atoms with Crippen LogP contribution in [-0.4, -0.2) is 52.6 Å². The summed E-state index contributed by atoms with van der Waals surface area (Å²) in [5.41, 5.74) is 2.66. The summed E-state index contributed by atoms with van der Waals surface area (Å²) in [6.07, 6.45) is 2.44. The number of rotatable bonds is 5. The van der Waals surface area contributed by atoms with Crippen molar-refractivity contribution in [2.24, 2.45) is 0 Å². The number of hydrogen-bond donors (Lipinski definition) is 0. The lowest BCUT2D eigenvalue weighted by molar-refractivity contribution is -0.150. The fraction of sp³-hybridized carbons (Fsp3) is 0.462. The fourth-order valence-corrected chi connectivity index (χ4v) is 4.69. The van der Waals surface area contributed by atoms with Crippen LogP contribution in [0.5, 0.6) is 0 Å². The van der Waals surface area contributed by atoms with Crippen LogP contribution in [0.2, 0.25) is 18.1 Å². The SMILES string of the molecule is CC(=O)O[C@H]1C[C@H](n2cnc3c(C#Cc4ccccc4)ncnc32)O[C@@H]1CO[Si](C)(C)C(C)(C)C. The molecule has 1 saturated heterocycles. The van der Waals surface area contributed by atoms with Crippen molar-refractivity contribution in [1.82, 2.24) is 19.5 Å². The van der Waals surface area contributed by atoms with E-state index in [0.717, 1.165) is 5.56 Å². The number of imidazole rings is 1. The Bertz CT molecular complexity index is 1260. The second-order valence-corrected chi connectivity index (χ2v) is 15.1. The molecule has 184 valence electrons. The van der Waals surface area contributed by atoms with E-state index in [1.54, 1.807) is 6.33 Å². The lowest BCUT2D eigenvalue weighted by atomic mass is 10.2. The molecule has 1 aliphatic rings. The molecule has 0 N–H and O–H groups in total. The number of hydrogen-bond acceptors (Lipinski definition) is 7. The van der Waals surface area contributed by atoms with Gasteiger partial charge in [0.1, 0.15) is 36.0 Å². The van der Waals surface area contributed by atoms with Gasteiger partial charge in [0.2, 0.25) is 0 Å². The molecular weight excluding hydrogens is 460 g/mol. The third kappa shape index (κ3) is 5.61. The minimum Gasteiger partial charge on any atom is -0.460 e. The average Bonchev–Trinajstić information content (AvgIpc) is 3.40. The molecule has 0 amide bonds. The Hall–Kier alpha value is -3.06. The minimum atomic E-state index is -1.99. The van der Waals surface area contributed by atoms with Gasteiger partial charge in [-0.05, 0) is 36.2 Å². The predicted octanol–water partition coefficient (Wildman–Crippen LogP) is 4.47. The van der Waals surface area contributed by atoms with Crippen molar-refractivity contribution in [1.29, 1.82) is 0 Å². The van der Waals surface area contributed by atoms with Gasteiger partial charge in [0, 0.05) is 18.9 Å². The van der Waals surface area contributed by atoms with Crippen molar-refractivity contribution in [2.75, 3.05) is 6.61 Å². The monoisotopic (exact) mass is 492 g/mol. The zero-order valence-electron chi connectivity index (χ0n) is 21.1. The van der Waals surface area contributed by atoms with Gasteiger partial charge < -0.3 is 13.9 Å². The van der Waals surface area contributed by atoms with E-state index in [4.69, 9.17) is 13.9 Å². The summed E-state index contributed by atoms with van der Waals surface area (Å²) in [5.74, 6) is 5.88. The molecule has 1 aliphatic heterocycles. The maximum Gasteiger partial charge on any atom is 0.302 e. The Morgan fingerprint density at radius 3 is 2.60 bits per heavy atom. The molecule has 9 heteroatoms. The molecule has 8 nitrogen and oxygen atoms in total. The second-order valence-electron chi connectivity index (χ2n) is 10.2. The molecule has 2 aromatic heterocycles. The summed E-state index contributed by atoms with van der Waals surface area (Å²) < 4.78 is 20.2.